The molecule has 1 rings (SSSR count). The topological polar surface area (TPSA) is 175 Å². The normalized spacial score (nSPS) is 18.1. The lowest BCUT2D eigenvalue weighted by molar-refractivity contribution is -0.302. The summed E-state index contributed by atoms with van der Waals surface area (Å²) in [5.74, 6) is -0.178. The Morgan fingerprint density at radius 3 is 1.17 bits per heavy atom. The standard InChI is InChI=1S/C76H141NO10/c1-3-5-7-9-11-13-14-15-37-41-44-48-52-56-60-64-72(81)85-65-61-57-53-49-45-42-39-36-34-32-30-28-26-24-22-20-18-16-17-19-21-23-25-27-29-31-33-35-38-40-43-47-51-55-59-63-71(80)77-68(69(79)62-58-54-50-46-12-10-8-6-4-2)67-86-76-75(84)74(83)73(82)70(66-78)87-76/h15,18,20,24,26,37,58,62,68-70,73-76,78-79,82-84H,3-14,16-17,19,21-23,25,27-36,38-57,59-61,63-67H2,1-2H3,(H,77,80)/b20-18-,26-24-,37-15-,62-58+. The summed E-state index contributed by atoms with van der Waals surface area (Å²) in [7, 11) is 0. The van der Waals surface area contributed by atoms with Crippen LogP contribution in [0.25, 0.3) is 0 Å². The van der Waals surface area contributed by atoms with E-state index in [9.17, 15) is 35.1 Å². The van der Waals surface area contributed by atoms with Gasteiger partial charge in [0.1, 0.15) is 24.4 Å². The molecule has 1 aliphatic rings. The summed E-state index contributed by atoms with van der Waals surface area (Å²) >= 11 is 0. The SMILES string of the molecule is CCCCCCCC/C=C\CCCCCCCC(=O)OCCCCCCCCCCCCC/C=C\C/C=C\CCCCCCCCCCCCCCCCCCCC(=O)NC(COC1OC(CO)C(O)C(O)C1O)C(O)/C=C/CCCCCCCCC. The van der Waals surface area contributed by atoms with E-state index < -0.39 is 49.5 Å². The Bertz CT molecular complexity index is 1580. The maximum absolute atomic E-state index is 13.0. The van der Waals surface area contributed by atoms with Crippen LogP contribution in [0.3, 0.4) is 0 Å². The first-order valence-electron chi connectivity index (χ1n) is 37.4. The Morgan fingerprint density at radius 2 is 0.770 bits per heavy atom. The summed E-state index contributed by atoms with van der Waals surface area (Å²) < 4.78 is 16.7. The third-order valence-electron chi connectivity index (χ3n) is 17.7. The molecule has 0 saturated carbocycles. The Kier molecular flexibility index (Phi) is 61.9. The number of unbranched alkanes of at least 4 members (excludes halogenated alkanes) is 46. The third-order valence-corrected chi connectivity index (χ3v) is 17.7. The van der Waals surface area contributed by atoms with Crippen molar-refractivity contribution in [3.05, 3.63) is 48.6 Å². The maximum atomic E-state index is 13.0. The predicted molar refractivity (Wildman–Crippen MR) is 366 cm³/mol. The van der Waals surface area contributed by atoms with Crippen molar-refractivity contribution in [2.45, 2.75) is 403 Å². The molecule has 87 heavy (non-hydrogen) atoms. The van der Waals surface area contributed by atoms with E-state index in [0.717, 1.165) is 64.2 Å². The molecule has 0 radical (unpaired) electrons. The van der Waals surface area contributed by atoms with E-state index in [2.05, 4.69) is 55.6 Å². The van der Waals surface area contributed by atoms with Crippen LogP contribution in [0.5, 0.6) is 0 Å². The minimum absolute atomic E-state index is 0.00228. The van der Waals surface area contributed by atoms with E-state index in [-0.39, 0.29) is 18.5 Å². The molecule has 11 heteroatoms. The highest BCUT2D eigenvalue weighted by atomic mass is 16.7. The first kappa shape index (κ1) is 82.6. The van der Waals surface area contributed by atoms with Gasteiger partial charge in [-0.3, -0.25) is 9.59 Å². The number of aliphatic hydroxyl groups excluding tert-OH is 5. The van der Waals surface area contributed by atoms with Gasteiger partial charge in [0.2, 0.25) is 5.91 Å². The summed E-state index contributed by atoms with van der Waals surface area (Å²) in [5, 5.41) is 54.3. The molecular formula is C76H141NO10. The lowest BCUT2D eigenvalue weighted by Crippen LogP contribution is -2.60. The lowest BCUT2D eigenvalue weighted by atomic mass is 9.99. The number of hydrogen-bond donors (Lipinski definition) is 6. The molecule has 7 atom stereocenters. The van der Waals surface area contributed by atoms with E-state index in [1.807, 2.05) is 6.08 Å². The molecule has 7 unspecified atom stereocenters. The van der Waals surface area contributed by atoms with Gasteiger partial charge in [0.05, 0.1) is 32.0 Å². The van der Waals surface area contributed by atoms with Gasteiger partial charge in [-0.1, -0.05) is 306 Å². The minimum Gasteiger partial charge on any atom is -0.466 e. The predicted octanol–water partition coefficient (Wildman–Crippen LogP) is 19.5. The average Bonchev–Trinajstić information content (AvgIpc) is 3.66. The fraction of sp³-hybridized carbons (Fsp3) is 0.868. The van der Waals surface area contributed by atoms with E-state index >= 15 is 0 Å². The largest absolute Gasteiger partial charge is 0.466 e. The van der Waals surface area contributed by atoms with Crippen LogP contribution in [0, 0.1) is 0 Å². The van der Waals surface area contributed by atoms with Crippen molar-refractivity contribution in [1.82, 2.24) is 5.32 Å². The van der Waals surface area contributed by atoms with Gasteiger partial charge in [0, 0.05) is 12.8 Å². The van der Waals surface area contributed by atoms with Crippen molar-refractivity contribution in [1.29, 1.82) is 0 Å². The van der Waals surface area contributed by atoms with Crippen LogP contribution in [-0.2, 0) is 23.8 Å². The van der Waals surface area contributed by atoms with E-state index in [0.29, 0.717) is 19.4 Å². The monoisotopic (exact) mass is 1230 g/mol. The Morgan fingerprint density at radius 1 is 0.425 bits per heavy atom. The van der Waals surface area contributed by atoms with Gasteiger partial charge < -0.3 is 45.1 Å². The van der Waals surface area contributed by atoms with E-state index in [1.54, 1.807) is 6.08 Å². The number of allylic oxidation sites excluding steroid dienone is 7. The summed E-state index contributed by atoms with van der Waals surface area (Å²) in [5.41, 5.74) is 0. The molecule has 0 aliphatic carbocycles. The van der Waals surface area contributed by atoms with Crippen molar-refractivity contribution in [2.75, 3.05) is 19.8 Å². The molecule has 0 aromatic rings. The molecule has 1 fully saturated rings. The van der Waals surface area contributed by atoms with Gasteiger partial charge in [-0.15, -0.1) is 0 Å². The molecule has 6 N–H and O–H groups in total. The molecule has 1 aliphatic heterocycles. The Labute approximate surface area is 536 Å². The zero-order chi connectivity index (χ0) is 63.0. The maximum Gasteiger partial charge on any atom is 0.305 e. The summed E-state index contributed by atoms with van der Waals surface area (Å²) in [6, 6.07) is -0.807. The van der Waals surface area contributed by atoms with Gasteiger partial charge in [-0.25, -0.2) is 0 Å². The zero-order valence-corrected chi connectivity index (χ0v) is 56.7. The highest BCUT2D eigenvalue weighted by Crippen LogP contribution is 2.23. The molecule has 510 valence electrons. The number of hydrogen-bond acceptors (Lipinski definition) is 10. The number of aliphatic hydroxyl groups is 5. The van der Waals surface area contributed by atoms with Crippen LogP contribution in [0.2, 0.25) is 0 Å². The van der Waals surface area contributed by atoms with Gasteiger partial charge in [-0.2, -0.15) is 0 Å². The molecule has 1 heterocycles. The van der Waals surface area contributed by atoms with Crippen molar-refractivity contribution in [3.8, 4) is 0 Å². The number of amides is 1. The van der Waals surface area contributed by atoms with Crippen molar-refractivity contribution in [3.63, 3.8) is 0 Å². The number of esters is 1. The number of carbonyl (C=O) groups excluding carboxylic acids is 2. The highest BCUT2D eigenvalue weighted by molar-refractivity contribution is 5.76. The summed E-state index contributed by atoms with van der Waals surface area (Å²) in [4.78, 5) is 25.1. The molecule has 1 amide bonds. The molecule has 0 bridgehead atoms. The van der Waals surface area contributed by atoms with Gasteiger partial charge in [0.25, 0.3) is 0 Å². The van der Waals surface area contributed by atoms with Gasteiger partial charge in [-0.05, 0) is 89.9 Å². The lowest BCUT2D eigenvalue weighted by Gasteiger charge is -2.40. The Hall–Kier alpha value is -2.38. The zero-order valence-electron chi connectivity index (χ0n) is 56.7. The van der Waals surface area contributed by atoms with Gasteiger partial charge in [0.15, 0.2) is 6.29 Å². The third kappa shape index (κ3) is 53.9. The number of ether oxygens (including phenoxy) is 3. The van der Waals surface area contributed by atoms with Crippen LogP contribution in [-0.4, -0.2) is 100 Å². The van der Waals surface area contributed by atoms with Crippen LogP contribution >= 0.6 is 0 Å². The summed E-state index contributed by atoms with van der Waals surface area (Å²) in [6.07, 6.45) is 75.7. The molecular weight excluding hydrogens is 1090 g/mol. The number of nitrogens with one attached hydrogen (secondary N) is 1. The average molecular weight is 1230 g/mol. The fourth-order valence-electron chi connectivity index (χ4n) is 11.8. The number of rotatable bonds is 66. The second-order valence-electron chi connectivity index (χ2n) is 26.0. The molecule has 0 aromatic heterocycles. The molecule has 11 nitrogen and oxygen atoms in total. The first-order valence-corrected chi connectivity index (χ1v) is 37.4. The summed E-state index contributed by atoms with van der Waals surface area (Å²) in [6.45, 7) is 4.34. The second kappa shape index (κ2) is 65.1. The molecule has 0 spiro atoms. The van der Waals surface area contributed by atoms with E-state index in [1.165, 1.54) is 270 Å². The van der Waals surface area contributed by atoms with Crippen molar-refractivity contribution >= 4 is 11.9 Å². The minimum atomic E-state index is -1.57. The van der Waals surface area contributed by atoms with Crippen LogP contribution in [0.4, 0.5) is 0 Å². The van der Waals surface area contributed by atoms with Crippen molar-refractivity contribution < 1.29 is 49.3 Å². The Balaban J connectivity index is 1.89. The smallest absolute Gasteiger partial charge is 0.305 e. The van der Waals surface area contributed by atoms with Crippen LogP contribution in [0.15, 0.2) is 48.6 Å². The quantitative estimate of drug-likeness (QED) is 0.0195. The van der Waals surface area contributed by atoms with Gasteiger partial charge >= 0.3 is 5.97 Å². The highest BCUT2D eigenvalue weighted by Gasteiger charge is 2.44. The van der Waals surface area contributed by atoms with Crippen molar-refractivity contribution in [2.24, 2.45) is 0 Å². The molecule has 0 aromatic carbocycles. The second-order valence-corrected chi connectivity index (χ2v) is 26.0. The number of carbonyl (C=O) groups is 2. The van der Waals surface area contributed by atoms with Crippen LogP contribution in [0.1, 0.15) is 361 Å². The van der Waals surface area contributed by atoms with Crippen LogP contribution < -0.4 is 5.32 Å². The fourth-order valence-corrected chi connectivity index (χ4v) is 11.8. The first-order chi connectivity index (χ1) is 42.7. The van der Waals surface area contributed by atoms with E-state index in [4.69, 9.17) is 14.2 Å². The molecule has 1 saturated heterocycles.